The summed E-state index contributed by atoms with van der Waals surface area (Å²) in [7, 11) is 0. The molecule has 0 aliphatic carbocycles. The minimum Gasteiger partial charge on any atom is -0.504 e. The topological polar surface area (TPSA) is 89.7 Å². The van der Waals surface area contributed by atoms with Gasteiger partial charge in [0, 0.05) is 12.5 Å². The highest BCUT2D eigenvalue weighted by atomic mass is 16.6. The number of phenols is 1. The highest BCUT2D eigenvalue weighted by Gasteiger charge is 2.14. The third-order valence-electron chi connectivity index (χ3n) is 2.86. The zero-order valence-electron chi connectivity index (χ0n) is 11.5. The number of nitrogens with zero attached hydrogens (tertiary/aromatic N) is 1. The smallest absolute Gasteiger partial charge is 0.311 e. The predicted octanol–water partition coefficient (Wildman–Crippen LogP) is 3.57. The summed E-state index contributed by atoms with van der Waals surface area (Å²) in [6, 6.07) is 3.34. The maximum absolute atomic E-state index is 11.6. The molecule has 0 saturated heterocycles. The van der Waals surface area contributed by atoms with Crippen molar-refractivity contribution in [1.29, 1.82) is 0 Å². The average molecular weight is 281 g/mol. The van der Waals surface area contributed by atoms with Crippen molar-refractivity contribution in [3.8, 4) is 11.5 Å². The second kappa shape index (κ2) is 8.14. The van der Waals surface area contributed by atoms with E-state index in [1.54, 1.807) is 0 Å². The van der Waals surface area contributed by atoms with Crippen LogP contribution in [-0.4, -0.2) is 16.0 Å². The fraction of sp³-hybridized carbons (Fsp3) is 0.500. The first kappa shape index (κ1) is 15.9. The first-order chi connectivity index (χ1) is 9.54. The summed E-state index contributed by atoms with van der Waals surface area (Å²) in [6.07, 6.45) is 5.25. The molecule has 0 radical (unpaired) electrons. The second-order valence-corrected chi connectivity index (χ2v) is 4.55. The van der Waals surface area contributed by atoms with Gasteiger partial charge in [0.15, 0.2) is 11.5 Å². The van der Waals surface area contributed by atoms with E-state index in [1.807, 2.05) is 0 Å². The summed E-state index contributed by atoms with van der Waals surface area (Å²) >= 11 is 0. The standard InChI is InChI=1S/C14H19NO5/c1-2-3-4-5-6-7-14(17)20-13-10-11(15(18)19)8-9-12(13)16/h8-10,16H,2-7H2,1H3. The van der Waals surface area contributed by atoms with E-state index in [-0.39, 0.29) is 23.6 Å². The summed E-state index contributed by atoms with van der Waals surface area (Å²) in [6.45, 7) is 2.11. The largest absolute Gasteiger partial charge is 0.504 e. The Balaban J connectivity index is 2.49. The van der Waals surface area contributed by atoms with E-state index in [0.29, 0.717) is 6.42 Å². The molecule has 1 N–H and O–H groups in total. The molecule has 6 nitrogen and oxygen atoms in total. The van der Waals surface area contributed by atoms with Gasteiger partial charge in [0.2, 0.25) is 0 Å². The molecule has 1 aromatic carbocycles. The summed E-state index contributed by atoms with van der Waals surface area (Å²) in [4.78, 5) is 21.6. The minimum atomic E-state index is -0.610. The number of hydrogen-bond donors (Lipinski definition) is 1. The lowest BCUT2D eigenvalue weighted by atomic mass is 10.1. The molecule has 110 valence electrons. The highest BCUT2D eigenvalue weighted by molar-refractivity contribution is 5.73. The number of rotatable bonds is 8. The number of nitro benzene ring substituents is 1. The number of unbranched alkanes of at least 4 members (excludes halogenated alkanes) is 4. The molecule has 0 amide bonds. The van der Waals surface area contributed by atoms with Crippen LogP contribution in [0.25, 0.3) is 0 Å². The molecule has 0 aliphatic heterocycles. The van der Waals surface area contributed by atoms with Crippen LogP contribution < -0.4 is 4.74 Å². The molecular formula is C14H19NO5. The molecule has 0 atom stereocenters. The van der Waals surface area contributed by atoms with Crippen LogP contribution in [0.2, 0.25) is 0 Å². The van der Waals surface area contributed by atoms with Crippen molar-refractivity contribution >= 4 is 11.7 Å². The molecule has 0 spiro atoms. The lowest BCUT2D eigenvalue weighted by molar-refractivity contribution is -0.384. The molecule has 1 aromatic rings. The van der Waals surface area contributed by atoms with Gasteiger partial charge in [-0.3, -0.25) is 14.9 Å². The van der Waals surface area contributed by atoms with Crippen molar-refractivity contribution in [1.82, 2.24) is 0 Å². The molecule has 0 fully saturated rings. The number of carbonyl (C=O) groups is 1. The zero-order chi connectivity index (χ0) is 15.0. The minimum absolute atomic E-state index is 0.169. The van der Waals surface area contributed by atoms with E-state index in [0.717, 1.165) is 43.9 Å². The SMILES string of the molecule is CCCCCCCC(=O)Oc1cc([N+](=O)[O-])ccc1O. The van der Waals surface area contributed by atoms with Gasteiger partial charge >= 0.3 is 5.97 Å². The number of non-ortho nitro benzene ring substituents is 1. The molecular weight excluding hydrogens is 262 g/mol. The van der Waals surface area contributed by atoms with Gasteiger partial charge in [-0.2, -0.15) is 0 Å². The first-order valence-electron chi connectivity index (χ1n) is 6.72. The Morgan fingerprint density at radius 2 is 2.00 bits per heavy atom. The summed E-state index contributed by atoms with van der Waals surface area (Å²) < 4.78 is 4.95. The Hall–Kier alpha value is -2.11. The predicted molar refractivity (Wildman–Crippen MR) is 73.8 cm³/mol. The Morgan fingerprint density at radius 3 is 2.65 bits per heavy atom. The van der Waals surface area contributed by atoms with E-state index >= 15 is 0 Å². The summed E-state index contributed by atoms with van der Waals surface area (Å²) in [5.74, 6) is -0.940. The van der Waals surface area contributed by atoms with Crippen LogP contribution in [0.1, 0.15) is 45.4 Å². The van der Waals surface area contributed by atoms with Crippen molar-refractivity contribution in [3.05, 3.63) is 28.3 Å². The van der Waals surface area contributed by atoms with E-state index in [9.17, 15) is 20.0 Å². The number of ether oxygens (including phenoxy) is 1. The zero-order valence-corrected chi connectivity index (χ0v) is 11.5. The second-order valence-electron chi connectivity index (χ2n) is 4.55. The molecule has 0 unspecified atom stereocenters. The quantitative estimate of drug-likeness (QED) is 0.259. The van der Waals surface area contributed by atoms with Crippen LogP contribution >= 0.6 is 0 Å². The van der Waals surface area contributed by atoms with Gasteiger partial charge in [0.25, 0.3) is 5.69 Å². The summed E-state index contributed by atoms with van der Waals surface area (Å²) in [5.41, 5.74) is -0.228. The maximum Gasteiger partial charge on any atom is 0.311 e. The van der Waals surface area contributed by atoms with Gasteiger partial charge in [-0.15, -0.1) is 0 Å². The van der Waals surface area contributed by atoms with Gasteiger partial charge in [-0.25, -0.2) is 0 Å². The van der Waals surface area contributed by atoms with Gasteiger partial charge < -0.3 is 9.84 Å². The van der Waals surface area contributed by atoms with Crippen molar-refractivity contribution in [2.75, 3.05) is 0 Å². The summed E-state index contributed by atoms with van der Waals surface area (Å²) in [5, 5.41) is 20.1. The van der Waals surface area contributed by atoms with E-state index in [1.165, 1.54) is 0 Å². The number of esters is 1. The van der Waals surface area contributed by atoms with Crippen LogP contribution in [0.15, 0.2) is 18.2 Å². The molecule has 0 saturated carbocycles. The Morgan fingerprint density at radius 1 is 1.30 bits per heavy atom. The first-order valence-corrected chi connectivity index (χ1v) is 6.72. The number of benzene rings is 1. The number of phenolic OH excluding ortho intramolecular Hbond substituents is 1. The van der Waals surface area contributed by atoms with Crippen LogP contribution in [0.4, 0.5) is 5.69 Å². The molecule has 0 bridgehead atoms. The monoisotopic (exact) mass is 281 g/mol. The third-order valence-corrected chi connectivity index (χ3v) is 2.86. The average Bonchev–Trinajstić information content (AvgIpc) is 2.40. The number of aromatic hydroxyl groups is 1. The van der Waals surface area contributed by atoms with Crippen LogP contribution in [0.3, 0.4) is 0 Å². The lowest BCUT2D eigenvalue weighted by Gasteiger charge is -2.06. The fourth-order valence-electron chi connectivity index (χ4n) is 1.74. The highest BCUT2D eigenvalue weighted by Crippen LogP contribution is 2.30. The Bertz CT molecular complexity index is 473. The Kier molecular flexibility index (Phi) is 6.49. The molecule has 0 aliphatic rings. The molecule has 20 heavy (non-hydrogen) atoms. The molecule has 0 aromatic heterocycles. The molecule has 1 rings (SSSR count). The van der Waals surface area contributed by atoms with Crippen LogP contribution in [0, 0.1) is 10.1 Å². The van der Waals surface area contributed by atoms with Gasteiger partial charge in [0.05, 0.1) is 11.0 Å². The van der Waals surface area contributed by atoms with Gasteiger partial charge in [-0.05, 0) is 12.5 Å². The molecule has 6 heteroatoms. The van der Waals surface area contributed by atoms with Crippen LogP contribution in [-0.2, 0) is 4.79 Å². The van der Waals surface area contributed by atoms with Crippen LogP contribution in [0.5, 0.6) is 11.5 Å². The van der Waals surface area contributed by atoms with Gasteiger partial charge in [0.1, 0.15) is 0 Å². The van der Waals surface area contributed by atoms with Crippen molar-refractivity contribution in [2.45, 2.75) is 45.4 Å². The van der Waals surface area contributed by atoms with Crippen molar-refractivity contribution in [3.63, 3.8) is 0 Å². The number of nitro groups is 1. The fourth-order valence-corrected chi connectivity index (χ4v) is 1.74. The normalized spacial score (nSPS) is 10.2. The van der Waals surface area contributed by atoms with E-state index in [4.69, 9.17) is 4.74 Å². The Labute approximate surface area is 117 Å². The van der Waals surface area contributed by atoms with Gasteiger partial charge in [-0.1, -0.05) is 32.6 Å². The van der Waals surface area contributed by atoms with E-state index in [2.05, 4.69) is 6.92 Å². The maximum atomic E-state index is 11.6. The third kappa shape index (κ3) is 5.26. The van der Waals surface area contributed by atoms with Crippen molar-refractivity contribution < 1.29 is 19.6 Å². The number of hydrogen-bond acceptors (Lipinski definition) is 5. The number of carbonyl (C=O) groups excluding carboxylic acids is 1. The lowest BCUT2D eigenvalue weighted by Crippen LogP contribution is -2.07. The van der Waals surface area contributed by atoms with Crippen molar-refractivity contribution in [2.24, 2.45) is 0 Å². The molecule has 0 heterocycles. The van der Waals surface area contributed by atoms with E-state index < -0.39 is 10.9 Å².